The quantitative estimate of drug-likeness (QED) is 0.428. The van der Waals surface area contributed by atoms with Crippen LogP contribution in [-0.2, 0) is 22.4 Å². The van der Waals surface area contributed by atoms with Crippen LogP contribution >= 0.6 is 0 Å². The van der Waals surface area contributed by atoms with Crippen molar-refractivity contribution in [2.75, 3.05) is 27.5 Å². The highest BCUT2D eigenvalue weighted by atomic mass is 19.4. The number of halogens is 3. The summed E-state index contributed by atoms with van der Waals surface area (Å²) in [6.45, 7) is 4.50. The van der Waals surface area contributed by atoms with Gasteiger partial charge >= 0.3 is 6.18 Å². The number of hydrogen-bond acceptors (Lipinski definition) is 10. The number of piperazine rings is 1. The Bertz CT molecular complexity index is 1670. The number of methoxy groups -OCH3 is 1. The number of carbonyl (C=O) groups is 2. The normalized spacial score (nSPS) is 25.5. The van der Waals surface area contributed by atoms with Crippen LogP contribution in [0.4, 0.5) is 13.2 Å². The van der Waals surface area contributed by atoms with E-state index in [1.165, 1.54) is 14.0 Å². The molecule has 4 heterocycles. The number of aryl methyl sites for hydroxylation is 1. The molecule has 4 aliphatic rings. The SMILES string of the molecule is COc1c(C)cc2c(c1O)[C@@H]1C3Cc4c(O)c(C)c5c(c4[C@H](CNC(=O)[C@H](C)CC(=O)C(F)(F)F)N3[C@@H](C#N)[C@H](C2)N1C)OCO5. The third-order valence-corrected chi connectivity index (χ3v) is 10.0. The van der Waals surface area contributed by atoms with Gasteiger partial charge < -0.3 is 29.7 Å². The lowest BCUT2D eigenvalue weighted by atomic mass is 9.71. The summed E-state index contributed by atoms with van der Waals surface area (Å²) < 4.78 is 55.9. The zero-order valence-electron chi connectivity index (χ0n) is 26.0. The van der Waals surface area contributed by atoms with E-state index in [1.54, 1.807) is 6.92 Å². The first-order valence-corrected chi connectivity index (χ1v) is 15.0. The molecule has 246 valence electrons. The average Bonchev–Trinajstić information content (AvgIpc) is 3.48. The maximum Gasteiger partial charge on any atom is 0.449 e. The van der Waals surface area contributed by atoms with Gasteiger partial charge in [-0.15, -0.1) is 0 Å². The Labute approximate surface area is 263 Å². The van der Waals surface area contributed by atoms with Gasteiger partial charge in [0.25, 0.3) is 0 Å². The lowest BCUT2D eigenvalue weighted by Gasteiger charge is -2.60. The van der Waals surface area contributed by atoms with Gasteiger partial charge in [-0.2, -0.15) is 18.4 Å². The number of amides is 1. The van der Waals surface area contributed by atoms with Gasteiger partial charge in [-0.25, -0.2) is 0 Å². The van der Waals surface area contributed by atoms with E-state index in [9.17, 15) is 38.2 Å². The fourth-order valence-corrected chi connectivity index (χ4v) is 7.90. The molecule has 1 saturated heterocycles. The highest BCUT2D eigenvalue weighted by Gasteiger charge is 2.56. The summed E-state index contributed by atoms with van der Waals surface area (Å²) in [6.07, 6.45) is -5.39. The van der Waals surface area contributed by atoms with Crippen LogP contribution < -0.4 is 19.5 Å². The van der Waals surface area contributed by atoms with Crippen LogP contribution in [-0.4, -0.2) is 83.5 Å². The van der Waals surface area contributed by atoms with E-state index in [2.05, 4.69) is 16.3 Å². The van der Waals surface area contributed by atoms with Crippen LogP contribution in [0, 0.1) is 31.1 Å². The smallest absolute Gasteiger partial charge is 0.449 e. The van der Waals surface area contributed by atoms with Crippen molar-refractivity contribution in [2.24, 2.45) is 5.92 Å². The van der Waals surface area contributed by atoms with Gasteiger partial charge in [-0.3, -0.25) is 19.4 Å². The second-order valence-corrected chi connectivity index (χ2v) is 12.5. The van der Waals surface area contributed by atoms with Crippen LogP contribution in [0.5, 0.6) is 28.7 Å². The van der Waals surface area contributed by atoms with Crippen molar-refractivity contribution in [3.8, 4) is 34.8 Å². The zero-order chi connectivity index (χ0) is 33.4. The number of benzene rings is 2. The highest BCUT2D eigenvalue weighted by molar-refractivity contribution is 5.89. The lowest BCUT2D eigenvalue weighted by molar-refractivity contribution is -0.172. The first kappa shape index (κ1) is 31.7. The summed E-state index contributed by atoms with van der Waals surface area (Å²) in [5, 5.41) is 36.4. The van der Waals surface area contributed by atoms with Crippen LogP contribution in [0.1, 0.15) is 58.8 Å². The first-order valence-electron chi connectivity index (χ1n) is 15.0. The summed E-state index contributed by atoms with van der Waals surface area (Å²) in [7, 11) is 3.37. The van der Waals surface area contributed by atoms with Crippen LogP contribution in [0.3, 0.4) is 0 Å². The Morgan fingerprint density at radius 3 is 2.50 bits per heavy atom. The van der Waals surface area contributed by atoms with Crippen LogP contribution in [0.25, 0.3) is 0 Å². The molecule has 0 radical (unpaired) electrons. The van der Waals surface area contributed by atoms with Crippen molar-refractivity contribution in [3.05, 3.63) is 39.4 Å². The Morgan fingerprint density at radius 1 is 1.15 bits per heavy atom. The third-order valence-electron chi connectivity index (χ3n) is 10.0. The van der Waals surface area contributed by atoms with E-state index in [4.69, 9.17) is 14.2 Å². The third kappa shape index (κ3) is 4.70. The second-order valence-electron chi connectivity index (χ2n) is 12.5. The van der Waals surface area contributed by atoms with Gasteiger partial charge in [0.2, 0.25) is 18.5 Å². The molecule has 14 heteroatoms. The number of phenols is 2. The van der Waals surface area contributed by atoms with Crippen LogP contribution in [0.2, 0.25) is 0 Å². The minimum absolute atomic E-state index is 0.00643. The van der Waals surface area contributed by atoms with Crippen molar-refractivity contribution in [3.63, 3.8) is 0 Å². The molecule has 1 fully saturated rings. The molecule has 1 unspecified atom stereocenters. The summed E-state index contributed by atoms with van der Waals surface area (Å²) in [5.74, 6) is -3.04. The van der Waals surface area contributed by atoms with Gasteiger partial charge in [0, 0.05) is 53.2 Å². The number of Topliss-reactive ketones (excluding diaryl/α,β-unsaturated/α-hetero) is 1. The van der Waals surface area contributed by atoms with Crippen molar-refractivity contribution < 1.29 is 47.2 Å². The van der Waals surface area contributed by atoms with Gasteiger partial charge in [-0.05, 0) is 44.9 Å². The summed E-state index contributed by atoms with van der Waals surface area (Å²) in [5.41, 5.74) is 3.78. The fraction of sp³-hybridized carbons (Fsp3) is 0.531. The number of phenolic OH excluding ortho intramolecular Hbond substituents is 2. The van der Waals surface area contributed by atoms with E-state index in [0.717, 1.165) is 11.1 Å². The zero-order valence-corrected chi connectivity index (χ0v) is 26.0. The topological polar surface area (TPSA) is 145 Å². The average molecular weight is 645 g/mol. The molecule has 3 N–H and O–H groups in total. The Balaban J connectivity index is 1.47. The minimum atomic E-state index is -5.06. The number of aromatic hydroxyl groups is 2. The maximum absolute atomic E-state index is 13.1. The molecule has 6 atom stereocenters. The number of fused-ring (bicyclic) bond motifs is 9. The lowest BCUT2D eigenvalue weighted by Crippen LogP contribution is -2.68. The monoisotopic (exact) mass is 644 g/mol. The molecule has 46 heavy (non-hydrogen) atoms. The molecule has 0 aromatic heterocycles. The number of alkyl halides is 3. The minimum Gasteiger partial charge on any atom is -0.507 e. The van der Waals surface area contributed by atoms with Crippen molar-refractivity contribution in [1.29, 1.82) is 5.26 Å². The Hall–Kier alpha value is -4.22. The largest absolute Gasteiger partial charge is 0.507 e. The molecule has 0 spiro atoms. The highest BCUT2D eigenvalue weighted by Crippen LogP contribution is 2.58. The number of ketones is 1. The van der Waals surface area contributed by atoms with Crippen molar-refractivity contribution in [2.45, 2.75) is 76.4 Å². The molecule has 2 aromatic carbocycles. The summed E-state index contributed by atoms with van der Waals surface area (Å²) >= 11 is 0. The van der Waals surface area contributed by atoms with Gasteiger partial charge in [0.15, 0.2) is 23.0 Å². The molecule has 0 aliphatic carbocycles. The fourth-order valence-electron chi connectivity index (χ4n) is 7.90. The predicted octanol–water partition coefficient (Wildman–Crippen LogP) is 3.50. The standard InChI is InChI=1S/C32H35F3N4O7/c1-13-6-16-8-18-20(10-36)39-19(25(38(18)4)23(16)27(42)28(13)44-5)9-17-24(30-29(45-12-46-30)15(3)26(17)41)21(39)11-37-31(43)14(2)7-22(40)32(33,34)35/h6,14,18-21,25,41-42H,7-9,11-12H2,1-5H3,(H,37,43)/t14-,18+,19?,20+,21+,25+/m1/s1. The first-order chi connectivity index (χ1) is 21.7. The van der Waals surface area contributed by atoms with E-state index in [-0.39, 0.29) is 37.3 Å². The molecule has 2 bridgehead atoms. The van der Waals surface area contributed by atoms with Crippen molar-refractivity contribution >= 4 is 11.7 Å². The molecule has 4 aliphatic heterocycles. The number of nitriles is 1. The number of nitrogens with one attached hydrogen (secondary N) is 1. The van der Waals surface area contributed by atoms with Crippen molar-refractivity contribution in [1.82, 2.24) is 15.1 Å². The Kier molecular flexibility index (Phi) is 7.76. The maximum atomic E-state index is 13.1. The number of nitrogens with zero attached hydrogens (tertiary/aromatic N) is 3. The van der Waals surface area contributed by atoms with Gasteiger partial charge in [-0.1, -0.05) is 13.0 Å². The molecular weight excluding hydrogens is 609 g/mol. The summed E-state index contributed by atoms with van der Waals surface area (Å²) in [6, 6.07) is 1.59. The molecule has 11 nitrogen and oxygen atoms in total. The molecule has 6 rings (SSSR count). The number of rotatable bonds is 6. The van der Waals surface area contributed by atoms with Crippen LogP contribution in [0.15, 0.2) is 6.07 Å². The van der Waals surface area contributed by atoms with Gasteiger partial charge in [0.05, 0.1) is 25.3 Å². The molecule has 2 aromatic rings. The number of carbonyl (C=O) groups excluding carboxylic acids is 2. The van der Waals surface area contributed by atoms with E-state index in [0.29, 0.717) is 45.9 Å². The van der Waals surface area contributed by atoms with Gasteiger partial charge in [0.1, 0.15) is 11.8 Å². The second kappa shape index (κ2) is 11.2. The molecule has 1 amide bonds. The molecular formula is C32H35F3N4O7. The molecule has 0 saturated carbocycles. The number of likely N-dealkylation sites (N-methyl/N-ethyl adjacent to an activating group) is 1. The predicted molar refractivity (Wildman–Crippen MR) is 156 cm³/mol. The number of ether oxygens (including phenoxy) is 3. The number of hydrogen-bond donors (Lipinski definition) is 3. The summed E-state index contributed by atoms with van der Waals surface area (Å²) in [4.78, 5) is 28.8. The van der Waals surface area contributed by atoms with E-state index < -0.39 is 54.4 Å². The Morgan fingerprint density at radius 2 is 1.85 bits per heavy atom. The van der Waals surface area contributed by atoms with E-state index >= 15 is 0 Å². The van der Waals surface area contributed by atoms with E-state index in [1.807, 2.05) is 24.9 Å².